The monoisotopic (exact) mass is 556 g/mol. The number of aliphatic carboxylic acids is 1. The number of nitrogens with zero attached hydrogens (tertiary/aromatic N) is 4. The van der Waals surface area contributed by atoms with E-state index < -0.39 is 17.4 Å². The molecule has 1 N–H and O–H groups in total. The number of aromatic nitrogens is 3. The average molecular weight is 557 g/mol. The number of carbonyl (C=O) groups excluding carboxylic acids is 1. The molecule has 0 bridgehead atoms. The normalized spacial score (nSPS) is 14.7. The van der Waals surface area contributed by atoms with Crippen molar-refractivity contribution in [3.05, 3.63) is 81.7 Å². The first-order valence-electron chi connectivity index (χ1n) is 13.1. The van der Waals surface area contributed by atoms with Crippen molar-refractivity contribution in [2.24, 2.45) is 10.4 Å². The zero-order chi connectivity index (χ0) is 28.8. The van der Waals surface area contributed by atoms with Gasteiger partial charge in [0.1, 0.15) is 29.2 Å². The molecule has 0 spiro atoms. The molecule has 8 nitrogen and oxygen atoms in total. The van der Waals surface area contributed by atoms with Gasteiger partial charge in [-0.3, -0.25) is 19.1 Å². The summed E-state index contributed by atoms with van der Waals surface area (Å²) in [4.78, 5) is 30.2. The fraction of sp³-hybridized carbons (Fsp3) is 0.323. The summed E-state index contributed by atoms with van der Waals surface area (Å²) in [6.07, 6.45) is -0.183. The van der Waals surface area contributed by atoms with Gasteiger partial charge in [-0.25, -0.2) is 0 Å². The molecule has 206 valence electrons. The van der Waals surface area contributed by atoms with E-state index in [1.54, 1.807) is 11.3 Å². The van der Waals surface area contributed by atoms with Crippen LogP contribution in [-0.4, -0.2) is 43.9 Å². The molecule has 1 aliphatic rings. The first kappa shape index (κ1) is 27.5. The molecule has 0 fully saturated rings. The number of rotatable bonds is 7. The van der Waals surface area contributed by atoms with Crippen LogP contribution in [0, 0.1) is 26.2 Å². The molecule has 1 atom stereocenters. The van der Waals surface area contributed by atoms with E-state index in [0.717, 1.165) is 43.4 Å². The first-order chi connectivity index (χ1) is 18.9. The Balaban J connectivity index is 1.51. The summed E-state index contributed by atoms with van der Waals surface area (Å²) in [5.74, 6) is 0.969. The molecule has 5 rings (SSSR count). The summed E-state index contributed by atoms with van der Waals surface area (Å²) >= 11 is 1.64. The van der Waals surface area contributed by atoms with Crippen molar-refractivity contribution in [3.63, 3.8) is 0 Å². The van der Waals surface area contributed by atoms with E-state index in [-0.39, 0.29) is 18.8 Å². The Hall–Kier alpha value is -4.11. The average Bonchev–Trinajstić information content (AvgIpc) is 3.38. The molecule has 0 radical (unpaired) electrons. The smallest absolute Gasteiger partial charge is 0.306 e. The number of aliphatic imine (C=N–C) groups is 1. The molecule has 0 saturated carbocycles. The van der Waals surface area contributed by atoms with Crippen LogP contribution in [0.15, 0.2) is 53.5 Å². The fourth-order valence-corrected chi connectivity index (χ4v) is 5.86. The Morgan fingerprint density at radius 1 is 1.00 bits per heavy atom. The second kappa shape index (κ2) is 10.5. The van der Waals surface area contributed by atoms with Gasteiger partial charge in [0.2, 0.25) is 0 Å². The lowest BCUT2D eigenvalue weighted by atomic mass is 9.91. The number of Topliss-reactive ketones (excluding diaryl/α,β-unsaturated/α-hetero) is 1. The van der Waals surface area contributed by atoms with Gasteiger partial charge in [-0.2, -0.15) is 0 Å². The summed E-state index contributed by atoms with van der Waals surface area (Å²) in [5.41, 5.74) is 5.21. The van der Waals surface area contributed by atoms with Crippen LogP contribution in [0.2, 0.25) is 0 Å². The second-order valence-corrected chi connectivity index (χ2v) is 12.3. The second-order valence-electron chi connectivity index (χ2n) is 11.1. The van der Waals surface area contributed by atoms with Gasteiger partial charge >= 0.3 is 5.97 Å². The molecule has 40 heavy (non-hydrogen) atoms. The number of carboxylic acids is 1. The van der Waals surface area contributed by atoms with Crippen LogP contribution in [0.1, 0.15) is 66.5 Å². The van der Waals surface area contributed by atoms with Crippen LogP contribution in [0.25, 0.3) is 16.1 Å². The highest BCUT2D eigenvalue weighted by molar-refractivity contribution is 7.15. The number of carbonyl (C=O) groups is 2. The summed E-state index contributed by atoms with van der Waals surface area (Å²) in [6.45, 7) is 11.7. The highest BCUT2D eigenvalue weighted by Gasteiger charge is 2.32. The van der Waals surface area contributed by atoms with Gasteiger partial charge in [0.25, 0.3) is 0 Å². The standard InChI is InChI=1S/C31H32N4O4S/c1-17-18(2)40-30-27(17)28(32-24(15-26(37)38)29-34-33-19(3)35(29)30)21-12-10-20(11-13-21)22-8-7-9-23(14-22)39-16-25(36)31(4,5)6/h7-14,24H,15-16H2,1-6H3,(H,37,38)/t24-/m0/s1. The van der Waals surface area contributed by atoms with Crippen LogP contribution in [0.3, 0.4) is 0 Å². The Morgan fingerprint density at radius 3 is 2.38 bits per heavy atom. The number of aryl methyl sites for hydroxylation is 2. The SMILES string of the molecule is Cc1sc2c(c1C)C(c1ccc(-c3cccc(OCC(=O)C(C)(C)C)c3)cc1)=N[C@@H](CC(=O)O)c1nnc(C)n1-2. The molecule has 2 aromatic heterocycles. The number of ether oxygens (including phenoxy) is 1. The van der Waals surface area contributed by atoms with Crippen molar-refractivity contribution in [1.82, 2.24) is 14.8 Å². The minimum Gasteiger partial charge on any atom is -0.486 e. The molecule has 4 aromatic rings. The quantitative estimate of drug-likeness (QED) is 0.287. The number of thiophene rings is 1. The number of ketones is 1. The number of benzene rings is 2. The van der Waals surface area contributed by atoms with Crippen molar-refractivity contribution in [2.75, 3.05) is 6.61 Å². The summed E-state index contributed by atoms with van der Waals surface area (Å²) in [6, 6.07) is 15.1. The topological polar surface area (TPSA) is 107 Å². The van der Waals surface area contributed by atoms with Crippen molar-refractivity contribution in [1.29, 1.82) is 0 Å². The van der Waals surface area contributed by atoms with Gasteiger partial charge in [0.05, 0.1) is 12.1 Å². The summed E-state index contributed by atoms with van der Waals surface area (Å²) < 4.78 is 7.74. The largest absolute Gasteiger partial charge is 0.486 e. The number of fused-ring (bicyclic) bond motifs is 3. The lowest BCUT2D eigenvalue weighted by Crippen LogP contribution is -2.26. The Bertz CT molecular complexity index is 1640. The lowest BCUT2D eigenvalue weighted by molar-refractivity contribution is -0.137. The van der Waals surface area contributed by atoms with Gasteiger partial charge in [-0.15, -0.1) is 21.5 Å². The van der Waals surface area contributed by atoms with E-state index in [1.165, 1.54) is 0 Å². The predicted molar refractivity (Wildman–Crippen MR) is 156 cm³/mol. The minimum absolute atomic E-state index is 0.0253. The molecule has 3 heterocycles. The third-order valence-corrected chi connectivity index (χ3v) is 8.33. The highest BCUT2D eigenvalue weighted by atomic mass is 32.1. The molecule has 0 amide bonds. The number of hydrogen-bond donors (Lipinski definition) is 1. The molecule has 0 saturated heterocycles. The molecule has 0 unspecified atom stereocenters. The van der Waals surface area contributed by atoms with Crippen LogP contribution < -0.4 is 4.74 Å². The van der Waals surface area contributed by atoms with Gasteiger partial charge in [0, 0.05) is 21.4 Å². The Kier molecular flexibility index (Phi) is 7.18. The van der Waals surface area contributed by atoms with Crippen LogP contribution in [0.4, 0.5) is 0 Å². The van der Waals surface area contributed by atoms with Crippen molar-refractivity contribution < 1.29 is 19.4 Å². The zero-order valence-electron chi connectivity index (χ0n) is 23.5. The molecule has 2 aromatic carbocycles. The van der Waals surface area contributed by atoms with Crippen molar-refractivity contribution >= 4 is 28.8 Å². The molecular weight excluding hydrogens is 524 g/mol. The first-order valence-corrected chi connectivity index (χ1v) is 13.9. The number of carboxylic acid groups (broad SMARTS) is 1. The third-order valence-electron chi connectivity index (χ3n) is 7.14. The van der Waals surface area contributed by atoms with E-state index in [0.29, 0.717) is 17.4 Å². The molecule has 0 aliphatic carbocycles. The van der Waals surface area contributed by atoms with Crippen molar-refractivity contribution in [2.45, 2.75) is 54.0 Å². The van der Waals surface area contributed by atoms with Gasteiger partial charge in [0.15, 0.2) is 11.6 Å². The maximum absolute atomic E-state index is 12.3. The van der Waals surface area contributed by atoms with E-state index in [9.17, 15) is 14.7 Å². The van der Waals surface area contributed by atoms with Gasteiger partial charge in [-0.05, 0) is 49.6 Å². The van der Waals surface area contributed by atoms with E-state index in [4.69, 9.17) is 9.73 Å². The van der Waals surface area contributed by atoms with Crippen LogP contribution in [0.5, 0.6) is 5.75 Å². The zero-order valence-corrected chi connectivity index (χ0v) is 24.3. The lowest BCUT2D eigenvalue weighted by Gasteiger charge is -2.17. The third kappa shape index (κ3) is 5.21. The predicted octanol–water partition coefficient (Wildman–Crippen LogP) is 6.28. The minimum atomic E-state index is -0.944. The maximum Gasteiger partial charge on any atom is 0.306 e. The van der Waals surface area contributed by atoms with E-state index >= 15 is 0 Å². The van der Waals surface area contributed by atoms with E-state index in [1.807, 2.05) is 80.8 Å². The van der Waals surface area contributed by atoms with Crippen LogP contribution in [-0.2, 0) is 9.59 Å². The molecule has 1 aliphatic heterocycles. The van der Waals surface area contributed by atoms with Crippen LogP contribution >= 0.6 is 11.3 Å². The summed E-state index contributed by atoms with van der Waals surface area (Å²) in [7, 11) is 0. The summed E-state index contributed by atoms with van der Waals surface area (Å²) in [5, 5.41) is 19.2. The number of hydrogen-bond acceptors (Lipinski definition) is 7. The highest BCUT2D eigenvalue weighted by Crippen LogP contribution is 2.39. The molecule has 9 heteroatoms. The van der Waals surface area contributed by atoms with Gasteiger partial charge < -0.3 is 9.84 Å². The van der Waals surface area contributed by atoms with Crippen molar-refractivity contribution in [3.8, 4) is 21.9 Å². The van der Waals surface area contributed by atoms with Gasteiger partial charge in [-0.1, -0.05) is 57.2 Å². The molecular formula is C31H32N4O4S. The Morgan fingerprint density at radius 2 is 1.70 bits per heavy atom. The maximum atomic E-state index is 12.3. The van der Waals surface area contributed by atoms with E-state index in [2.05, 4.69) is 24.0 Å². The fourth-order valence-electron chi connectivity index (χ4n) is 4.64. The Labute approximate surface area is 237 Å².